The number of pyridine rings is 1. The summed E-state index contributed by atoms with van der Waals surface area (Å²) in [4.78, 5) is 18.5. The van der Waals surface area contributed by atoms with Crippen molar-refractivity contribution in [2.75, 3.05) is 36.4 Å². The Balaban J connectivity index is 2.00. The Morgan fingerprint density at radius 3 is 2.53 bits per heavy atom. The van der Waals surface area contributed by atoms with Crippen molar-refractivity contribution >= 4 is 17.4 Å². The highest BCUT2D eigenvalue weighted by atomic mass is 16.2. The maximum Gasteiger partial charge on any atom is 0.230 e. The zero-order valence-corrected chi connectivity index (χ0v) is 11.9. The van der Waals surface area contributed by atoms with Crippen LogP contribution in [0.15, 0.2) is 18.3 Å². The number of amides is 1. The van der Waals surface area contributed by atoms with E-state index in [1.807, 2.05) is 39.1 Å². The highest BCUT2D eigenvalue weighted by Crippen LogP contribution is 2.18. The van der Waals surface area contributed by atoms with Gasteiger partial charge in [-0.25, -0.2) is 4.98 Å². The van der Waals surface area contributed by atoms with Crippen LogP contribution in [0.3, 0.4) is 0 Å². The molecule has 0 radical (unpaired) electrons. The molecule has 1 aliphatic rings. The molecule has 104 valence electrons. The van der Waals surface area contributed by atoms with Crippen LogP contribution in [0.25, 0.3) is 0 Å². The number of hydrogen-bond acceptors (Lipinski definition) is 4. The largest absolute Gasteiger partial charge is 0.368 e. The number of hydrogen-bond donors (Lipinski definition) is 2. The third kappa shape index (κ3) is 3.67. The van der Waals surface area contributed by atoms with E-state index in [1.54, 1.807) is 0 Å². The van der Waals surface area contributed by atoms with Gasteiger partial charge in [-0.2, -0.15) is 0 Å². The van der Waals surface area contributed by atoms with Crippen molar-refractivity contribution in [1.82, 2.24) is 10.3 Å². The molecular weight excluding hydrogens is 240 g/mol. The summed E-state index contributed by atoms with van der Waals surface area (Å²) in [6.07, 6.45) is 1.82. The highest BCUT2D eigenvalue weighted by Gasteiger charge is 2.21. The van der Waals surface area contributed by atoms with E-state index >= 15 is 0 Å². The van der Waals surface area contributed by atoms with Gasteiger partial charge in [-0.15, -0.1) is 0 Å². The Labute approximate surface area is 114 Å². The number of anilines is 2. The van der Waals surface area contributed by atoms with Gasteiger partial charge in [0.1, 0.15) is 5.82 Å². The third-order valence-corrected chi connectivity index (χ3v) is 3.15. The summed E-state index contributed by atoms with van der Waals surface area (Å²) in [5.41, 5.74) is 0.703. The molecule has 1 amide bonds. The summed E-state index contributed by atoms with van der Waals surface area (Å²) in [5.74, 6) is 0.591. The zero-order chi connectivity index (χ0) is 13.9. The van der Waals surface area contributed by atoms with Gasteiger partial charge in [0, 0.05) is 31.6 Å². The van der Waals surface area contributed by atoms with Crippen LogP contribution in [0.5, 0.6) is 0 Å². The maximum atomic E-state index is 11.9. The standard InChI is InChI=1S/C14H22N4O/c1-14(2,3)13(19)17-12-5-4-11(10-16-12)18-8-6-15-7-9-18/h4-5,10,15H,6-9H2,1-3H3,(H,16,17,19). The Morgan fingerprint density at radius 2 is 2.00 bits per heavy atom. The average Bonchev–Trinajstić information content (AvgIpc) is 2.39. The molecule has 5 nitrogen and oxygen atoms in total. The molecule has 5 heteroatoms. The molecule has 0 atom stereocenters. The molecule has 0 saturated carbocycles. The minimum Gasteiger partial charge on any atom is -0.368 e. The number of nitrogens with zero attached hydrogens (tertiary/aromatic N) is 2. The summed E-state index contributed by atoms with van der Waals surface area (Å²) >= 11 is 0. The zero-order valence-electron chi connectivity index (χ0n) is 11.9. The first kappa shape index (κ1) is 13.8. The normalized spacial score (nSPS) is 16.3. The predicted octanol–water partition coefficient (Wildman–Crippen LogP) is 1.48. The maximum absolute atomic E-state index is 11.9. The summed E-state index contributed by atoms with van der Waals surface area (Å²) in [7, 11) is 0. The first-order valence-corrected chi connectivity index (χ1v) is 6.70. The molecule has 1 aromatic heterocycles. The summed E-state index contributed by atoms with van der Waals surface area (Å²) < 4.78 is 0. The van der Waals surface area contributed by atoms with E-state index in [1.165, 1.54) is 0 Å². The minimum atomic E-state index is -0.404. The van der Waals surface area contributed by atoms with Crippen molar-refractivity contribution in [2.24, 2.45) is 5.41 Å². The van der Waals surface area contributed by atoms with Crippen LogP contribution < -0.4 is 15.5 Å². The molecule has 0 aliphatic carbocycles. The first-order chi connectivity index (χ1) is 8.97. The average molecular weight is 262 g/mol. The molecule has 1 aliphatic heterocycles. The Hall–Kier alpha value is -1.62. The number of nitrogens with one attached hydrogen (secondary N) is 2. The van der Waals surface area contributed by atoms with Crippen LogP contribution in [0.4, 0.5) is 11.5 Å². The lowest BCUT2D eigenvalue weighted by molar-refractivity contribution is -0.123. The van der Waals surface area contributed by atoms with Crippen LogP contribution >= 0.6 is 0 Å². The molecule has 0 bridgehead atoms. The highest BCUT2D eigenvalue weighted by molar-refractivity contribution is 5.93. The second-order valence-electron chi connectivity index (χ2n) is 5.84. The van der Waals surface area contributed by atoms with Crippen molar-refractivity contribution < 1.29 is 4.79 Å². The number of piperazine rings is 1. The van der Waals surface area contributed by atoms with E-state index in [4.69, 9.17) is 0 Å². The van der Waals surface area contributed by atoms with Gasteiger partial charge < -0.3 is 15.5 Å². The van der Waals surface area contributed by atoms with E-state index in [0.717, 1.165) is 31.9 Å². The van der Waals surface area contributed by atoms with Gasteiger partial charge in [-0.05, 0) is 12.1 Å². The first-order valence-electron chi connectivity index (χ1n) is 6.70. The fourth-order valence-electron chi connectivity index (χ4n) is 1.87. The Morgan fingerprint density at radius 1 is 1.32 bits per heavy atom. The van der Waals surface area contributed by atoms with Crippen LogP contribution in [0, 0.1) is 5.41 Å². The molecule has 2 rings (SSSR count). The van der Waals surface area contributed by atoms with Gasteiger partial charge >= 0.3 is 0 Å². The topological polar surface area (TPSA) is 57.3 Å². The summed E-state index contributed by atoms with van der Waals surface area (Å²) in [5, 5.41) is 6.15. The van der Waals surface area contributed by atoms with Crippen LogP contribution in [-0.4, -0.2) is 37.1 Å². The number of carbonyl (C=O) groups is 1. The van der Waals surface area contributed by atoms with Crippen molar-refractivity contribution in [3.05, 3.63) is 18.3 Å². The number of carbonyl (C=O) groups excluding carboxylic acids is 1. The quantitative estimate of drug-likeness (QED) is 0.847. The Kier molecular flexibility index (Phi) is 4.04. The molecule has 1 aromatic rings. The van der Waals surface area contributed by atoms with Crippen LogP contribution in [-0.2, 0) is 4.79 Å². The number of aromatic nitrogens is 1. The SMILES string of the molecule is CC(C)(C)C(=O)Nc1ccc(N2CCNCC2)cn1. The summed E-state index contributed by atoms with van der Waals surface area (Å²) in [6, 6.07) is 3.87. The third-order valence-electron chi connectivity index (χ3n) is 3.15. The molecule has 1 saturated heterocycles. The molecule has 0 aromatic carbocycles. The molecule has 2 N–H and O–H groups in total. The summed E-state index contributed by atoms with van der Waals surface area (Å²) in [6.45, 7) is 9.65. The van der Waals surface area contributed by atoms with E-state index < -0.39 is 5.41 Å². The minimum absolute atomic E-state index is 0.0186. The number of rotatable bonds is 2. The van der Waals surface area contributed by atoms with Gasteiger partial charge in [0.2, 0.25) is 5.91 Å². The van der Waals surface area contributed by atoms with Crippen molar-refractivity contribution in [3.8, 4) is 0 Å². The van der Waals surface area contributed by atoms with Gasteiger partial charge in [0.15, 0.2) is 0 Å². The lowest BCUT2D eigenvalue weighted by atomic mass is 9.96. The van der Waals surface area contributed by atoms with E-state index in [-0.39, 0.29) is 5.91 Å². The van der Waals surface area contributed by atoms with Crippen LogP contribution in [0.1, 0.15) is 20.8 Å². The van der Waals surface area contributed by atoms with Crippen molar-refractivity contribution in [2.45, 2.75) is 20.8 Å². The smallest absolute Gasteiger partial charge is 0.230 e. The molecule has 0 spiro atoms. The van der Waals surface area contributed by atoms with E-state index in [2.05, 4.69) is 20.5 Å². The fourth-order valence-corrected chi connectivity index (χ4v) is 1.87. The van der Waals surface area contributed by atoms with Crippen molar-refractivity contribution in [3.63, 3.8) is 0 Å². The monoisotopic (exact) mass is 262 g/mol. The van der Waals surface area contributed by atoms with Crippen molar-refractivity contribution in [1.29, 1.82) is 0 Å². The van der Waals surface area contributed by atoms with Gasteiger partial charge in [0.25, 0.3) is 0 Å². The predicted molar refractivity (Wildman–Crippen MR) is 77.4 cm³/mol. The van der Waals surface area contributed by atoms with Gasteiger partial charge in [0.05, 0.1) is 11.9 Å². The van der Waals surface area contributed by atoms with Crippen LogP contribution in [0.2, 0.25) is 0 Å². The van der Waals surface area contributed by atoms with E-state index in [9.17, 15) is 4.79 Å². The lowest BCUT2D eigenvalue weighted by Gasteiger charge is -2.29. The fraction of sp³-hybridized carbons (Fsp3) is 0.571. The molecule has 0 unspecified atom stereocenters. The lowest BCUT2D eigenvalue weighted by Crippen LogP contribution is -2.43. The second-order valence-corrected chi connectivity index (χ2v) is 5.84. The molecule has 2 heterocycles. The molecular formula is C14H22N4O. The van der Waals surface area contributed by atoms with Gasteiger partial charge in [-0.1, -0.05) is 20.8 Å². The Bertz CT molecular complexity index is 430. The van der Waals surface area contributed by atoms with E-state index in [0.29, 0.717) is 5.82 Å². The molecule has 1 fully saturated rings. The van der Waals surface area contributed by atoms with Gasteiger partial charge in [-0.3, -0.25) is 4.79 Å². The second kappa shape index (κ2) is 5.57. The molecule has 19 heavy (non-hydrogen) atoms.